The van der Waals surface area contributed by atoms with E-state index in [1.807, 2.05) is 0 Å². The molecule has 5 heteroatoms. The number of imidazole rings is 1. The van der Waals surface area contributed by atoms with Crippen LogP contribution in [0, 0.1) is 17.1 Å². The molecule has 0 saturated carbocycles. The monoisotopic (exact) mass is 252 g/mol. The van der Waals surface area contributed by atoms with Crippen LogP contribution in [0.25, 0.3) is 16.7 Å². The van der Waals surface area contributed by atoms with Crippen LogP contribution in [0.3, 0.4) is 0 Å². The van der Waals surface area contributed by atoms with Gasteiger partial charge in [0, 0.05) is 11.8 Å². The molecule has 0 aliphatic carbocycles. The fourth-order valence-electron chi connectivity index (χ4n) is 2.03. The highest BCUT2D eigenvalue weighted by Crippen LogP contribution is 2.23. The molecular formula is C14H9FN4. The molecule has 0 bridgehead atoms. The van der Waals surface area contributed by atoms with E-state index in [0.29, 0.717) is 11.1 Å². The van der Waals surface area contributed by atoms with Crippen molar-refractivity contribution in [1.82, 2.24) is 9.55 Å². The first kappa shape index (κ1) is 11.2. The number of rotatable bonds is 1. The summed E-state index contributed by atoms with van der Waals surface area (Å²) in [6.07, 6.45) is 0. The van der Waals surface area contributed by atoms with Crippen molar-refractivity contribution < 1.29 is 4.39 Å². The third kappa shape index (κ3) is 1.79. The highest BCUT2D eigenvalue weighted by atomic mass is 19.1. The Morgan fingerprint density at radius 2 is 1.89 bits per heavy atom. The molecule has 0 spiro atoms. The second-order valence-corrected chi connectivity index (χ2v) is 4.10. The van der Waals surface area contributed by atoms with Crippen LogP contribution in [0.2, 0.25) is 0 Å². The second kappa shape index (κ2) is 4.10. The Bertz CT molecular complexity index is 797. The first-order chi connectivity index (χ1) is 9.19. The molecule has 3 aromatic rings. The summed E-state index contributed by atoms with van der Waals surface area (Å²) in [6, 6.07) is 13.3. The van der Waals surface area contributed by atoms with E-state index in [1.54, 1.807) is 34.9 Å². The van der Waals surface area contributed by atoms with E-state index in [9.17, 15) is 4.39 Å². The van der Waals surface area contributed by atoms with E-state index < -0.39 is 0 Å². The topological polar surface area (TPSA) is 67.6 Å². The Balaban J connectivity index is 2.24. The van der Waals surface area contributed by atoms with Crippen LogP contribution in [0.5, 0.6) is 0 Å². The Labute approximate surface area is 108 Å². The molecule has 0 aliphatic rings. The zero-order valence-electron chi connectivity index (χ0n) is 9.84. The maximum Gasteiger partial charge on any atom is 0.205 e. The number of anilines is 1. The number of nitriles is 1. The van der Waals surface area contributed by atoms with Crippen molar-refractivity contribution in [1.29, 1.82) is 5.26 Å². The number of nitrogens with zero attached hydrogens (tertiary/aromatic N) is 3. The molecule has 0 unspecified atom stereocenters. The number of halogens is 1. The van der Waals surface area contributed by atoms with Crippen molar-refractivity contribution in [3.05, 3.63) is 53.8 Å². The van der Waals surface area contributed by atoms with Gasteiger partial charge in [0.2, 0.25) is 5.95 Å². The predicted octanol–water partition coefficient (Wildman–Crippen LogP) is 2.62. The van der Waals surface area contributed by atoms with E-state index in [2.05, 4.69) is 11.1 Å². The molecule has 92 valence electrons. The summed E-state index contributed by atoms with van der Waals surface area (Å²) >= 11 is 0. The van der Waals surface area contributed by atoms with Gasteiger partial charge in [0.15, 0.2) is 0 Å². The standard InChI is InChI=1S/C14H9FN4/c15-10-3-6-13-12(7-10)18-14(17)19(13)11-4-1-9(8-16)2-5-11/h1-7H,(H2,17,18). The van der Waals surface area contributed by atoms with Gasteiger partial charge >= 0.3 is 0 Å². The van der Waals surface area contributed by atoms with Crippen molar-refractivity contribution in [2.24, 2.45) is 0 Å². The highest BCUT2D eigenvalue weighted by molar-refractivity contribution is 5.80. The molecule has 1 aromatic heterocycles. The van der Waals surface area contributed by atoms with Crippen LogP contribution in [-0.4, -0.2) is 9.55 Å². The number of hydrogen-bond donors (Lipinski definition) is 1. The third-order valence-electron chi connectivity index (χ3n) is 2.90. The maximum atomic E-state index is 13.2. The molecule has 1 heterocycles. The zero-order chi connectivity index (χ0) is 13.4. The summed E-state index contributed by atoms with van der Waals surface area (Å²) in [5, 5.41) is 8.78. The molecule has 0 amide bonds. The third-order valence-corrected chi connectivity index (χ3v) is 2.90. The molecule has 0 radical (unpaired) electrons. The van der Waals surface area contributed by atoms with Crippen LogP contribution in [0.1, 0.15) is 5.56 Å². The van der Waals surface area contributed by atoms with Crippen LogP contribution in [-0.2, 0) is 0 Å². The molecule has 2 aromatic carbocycles. The van der Waals surface area contributed by atoms with Crippen molar-refractivity contribution in [3.63, 3.8) is 0 Å². The van der Waals surface area contributed by atoms with Crippen molar-refractivity contribution in [2.45, 2.75) is 0 Å². The van der Waals surface area contributed by atoms with E-state index in [-0.39, 0.29) is 11.8 Å². The van der Waals surface area contributed by atoms with Crippen molar-refractivity contribution in [3.8, 4) is 11.8 Å². The molecule has 19 heavy (non-hydrogen) atoms. The summed E-state index contributed by atoms with van der Waals surface area (Å²) in [7, 11) is 0. The van der Waals surface area contributed by atoms with Crippen molar-refractivity contribution >= 4 is 17.0 Å². The molecule has 0 fully saturated rings. The van der Waals surface area contributed by atoms with Gasteiger partial charge in [-0.1, -0.05) is 0 Å². The molecular weight excluding hydrogens is 243 g/mol. The van der Waals surface area contributed by atoms with E-state index in [4.69, 9.17) is 11.0 Å². The van der Waals surface area contributed by atoms with Gasteiger partial charge in [0.25, 0.3) is 0 Å². The quantitative estimate of drug-likeness (QED) is 0.723. The SMILES string of the molecule is N#Cc1ccc(-n2c(N)nc3cc(F)ccc32)cc1. The zero-order valence-corrected chi connectivity index (χ0v) is 9.84. The minimum absolute atomic E-state index is 0.283. The molecule has 0 aliphatic heterocycles. The minimum Gasteiger partial charge on any atom is -0.369 e. The van der Waals surface area contributed by atoms with Gasteiger partial charge < -0.3 is 5.73 Å². The molecule has 4 nitrogen and oxygen atoms in total. The first-order valence-electron chi connectivity index (χ1n) is 5.63. The number of fused-ring (bicyclic) bond motifs is 1. The molecule has 2 N–H and O–H groups in total. The Morgan fingerprint density at radius 1 is 1.16 bits per heavy atom. The fourth-order valence-corrected chi connectivity index (χ4v) is 2.03. The Kier molecular flexibility index (Phi) is 2.43. The fraction of sp³-hybridized carbons (Fsp3) is 0. The average molecular weight is 252 g/mol. The summed E-state index contributed by atoms with van der Waals surface area (Å²) in [5.74, 6) is -0.0673. The maximum absolute atomic E-state index is 13.2. The van der Waals surface area contributed by atoms with Crippen LogP contribution < -0.4 is 5.73 Å². The lowest BCUT2D eigenvalue weighted by Crippen LogP contribution is -2.00. The second-order valence-electron chi connectivity index (χ2n) is 4.10. The number of benzene rings is 2. The molecule has 0 atom stereocenters. The summed E-state index contributed by atoms with van der Waals surface area (Å²) < 4.78 is 14.9. The number of nitrogens with two attached hydrogens (primary N) is 1. The lowest BCUT2D eigenvalue weighted by molar-refractivity contribution is 0.629. The van der Waals surface area contributed by atoms with Crippen LogP contribution in [0.15, 0.2) is 42.5 Å². The average Bonchev–Trinajstić information content (AvgIpc) is 2.74. The lowest BCUT2D eigenvalue weighted by atomic mass is 10.2. The molecule has 0 saturated heterocycles. The van der Waals surface area contributed by atoms with E-state index in [0.717, 1.165) is 11.2 Å². The van der Waals surface area contributed by atoms with Gasteiger partial charge in [-0.15, -0.1) is 0 Å². The van der Waals surface area contributed by atoms with Gasteiger partial charge in [0.05, 0.1) is 22.7 Å². The first-order valence-corrected chi connectivity index (χ1v) is 5.63. The normalized spacial score (nSPS) is 10.5. The lowest BCUT2D eigenvalue weighted by Gasteiger charge is -2.06. The van der Waals surface area contributed by atoms with Gasteiger partial charge in [-0.05, 0) is 36.4 Å². The Hall–Kier alpha value is -2.87. The molecule has 3 rings (SSSR count). The van der Waals surface area contributed by atoms with Crippen LogP contribution >= 0.6 is 0 Å². The van der Waals surface area contributed by atoms with E-state index >= 15 is 0 Å². The Morgan fingerprint density at radius 3 is 2.58 bits per heavy atom. The summed E-state index contributed by atoms with van der Waals surface area (Å²) in [4.78, 5) is 4.13. The smallest absolute Gasteiger partial charge is 0.205 e. The van der Waals surface area contributed by atoms with Gasteiger partial charge in [-0.2, -0.15) is 5.26 Å². The van der Waals surface area contributed by atoms with Gasteiger partial charge in [-0.25, -0.2) is 9.37 Å². The number of aromatic nitrogens is 2. The van der Waals surface area contributed by atoms with Gasteiger partial charge in [-0.3, -0.25) is 4.57 Å². The minimum atomic E-state index is -0.350. The summed E-state index contributed by atoms with van der Waals surface area (Å²) in [6.45, 7) is 0. The van der Waals surface area contributed by atoms with E-state index in [1.165, 1.54) is 12.1 Å². The van der Waals surface area contributed by atoms with Gasteiger partial charge in [0.1, 0.15) is 5.82 Å². The van der Waals surface area contributed by atoms with Crippen molar-refractivity contribution in [2.75, 3.05) is 5.73 Å². The number of nitrogen functional groups attached to an aromatic ring is 1. The summed E-state index contributed by atoms with van der Waals surface area (Å²) in [5.41, 5.74) is 8.45. The predicted molar refractivity (Wildman–Crippen MR) is 70.2 cm³/mol. The number of hydrogen-bond acceptors (Lipinski definition) is 3. The highest BCUT2D eigenvalue weighted by Gasteiger charge is 2.10. The van der Waals surface area contributed by atoms with Crippen LogP contribution in [0.4, 0.5) is 10.3 Å². The largest absolute Gasteiger partial charge is 0.369 e.